The predicted octanol–water partition coefficient (Wildman–Crippen LogP) is 6.60. The number of hydrogen-bond acceptors (Lipinski definition) is 3. The third-order valence-corrected chi connectivity index (χ3v) is 5.08. The van der Waals surface area contributed by atoms with Crippen LogP contribution in [0.25, 0.3) is 22.4 Å². The summed E-state index contributed by atoms with van der Waals surface area (Å²) in [5.41, 5.74) is 6.34. The fraction of sp³-hybridized carbons (Fsp3) is 0.115. The van der Waals surface area contributed by atoms with E-state index in [1.165, 1.54) is 5.56 Å². The zero-order valence-electron chi connectivity index (χ0n) is 16.6. The van der Waals surface area contributed by atoms with Gasteiger partial charge in [0.2, 0.25) is 0 Å². The number of anilines is 1. The minimum Gasteiger partial charge on any atom is -0.508 e. The molecule has 0 saturated heterocycles. The number of benzene rings is 3. The molecule has 1 aromatic heterocycles. The van der Waals surface area contributed by atoms with Gasteiger partial charge < -0.3 is 10.4 Å². The first-order valence-corrected chi connectivity index (χ1v) is 9.79. The number of aromatic nitrogens is 1. The number of phenols is 1. The highest BCUT2D eigenvalue weighted by Crippen LogP contribution is 2.31. The molecule has 144 valence electrons. The molecule has 0 fully saturated rings. The molecule has 0 radical (unpaired) electrons. The molecule has 1 atom stereocenters. The number of pyridine rings is 1. The van der Waals surface area contributed by atoms with Crippen LogP contribution in [0.4, 0.5) is 5.82 Å². The highest BCUT2D eigenvalue weighted by molar-refractivity contribution is 5.75. The maximum absolute atomic E-state index is 9.78. The van der Waals surface area contributed by atoms with Gasteiger partial charge in [0.15, 0.2) is 0 Å². The maximum Gasteiger partial charge on any atom is 0.127 e. The Balaban J connectivity index is 1.78. The van der Waals surface area contributed by atoms with Crippen molar-refractivity contribution in [3.05, 3.63) is 102 Å². The number of nitrogens with one attached hydrogen (secondary N) is 1. The molecule has 0 spiro atoms. The smallest absolute Gasteiger partial charge is 0.127 e. The van der Waals surface area contributed by atoms with Gasteiger partial charge in [0.1, 0.15) is 11.6 Å². The molecule has 0 saturated carbocycles. The van der Waals surface area contributed by atoms with Gasteiger partial charge in [-0.2, -0.15) is 0 Å². The van der Waals surface area contributed by atoms with E-state index in [0.29, 0.717) is 0 Å². The zero-order valence-corrected chi connectivity index (χ0v) is 16.6. The van der Waals surface area contributed by atoms with Gasteiger partial charge in [0.05, 0.1) is 5.69 Å². The fourth-order valence-corrected chi connectivity index (χ4v) is 3.52. The summed E-state index contributed by atoms with van der Waals surface area (Å²) in [4.78, 5) is 4.89. The first kappa shape index (κ1) is 18.8. The van der Waals surface area contributed by atoms with Crippen LogP contribution in [0.15, 0.2) is 91.0 Å². The van der Waals surface area contributed by atoms with Gasteiger partial charge in [-0.1, -0.05) is 60.7 Å². The third kappa shape index (κ3) is 4.30. The average Bonchev–Trinajstić information content (AvgIpc) is 2.75. The Labute approximate surface area is 171 Å². The zero-order chi connectivity index (χ0) is 20.2. The first-order chi connectivity index (χ1) is 14.1. The molecule has 1 unspecified atom stereocenters. The highest BCUT2D eigenvalue weighted by atomic mass is 16.3. The molecular formula is C26H24N2O. The molecule has 3 aromatic carbocycles. The minimum atomic E-state index is 0.128. The Kier molecular flexibility index (Phi) is 5.30. The number of aryl methyl sites for hydroxylation is 1. The standard InChI is InChI=1S/C26H24N2O/c1-18-15-23(29)13-14-24(18)25-16-22(21-11-7-4-8-12-21)17-26(28-25)27-19(2)20-9-5-3-6-10-20/h3-17,19,29H,1-2H3,(H,27,28). The van der Waals surface area contributed by atoms with Crippen molar-refractivity contribution in [2.24, 2.45) is 0 Å². The van der Waals surface area contributed by atoms with E-state index in [1.807, 2.05) is 49.4 Å². The second kappa shape index (κ2) is 8.19. The number of rotatable bonds is 5. The van der Waals surface area contributed by atoms with Gasteiger partial charge in [-0.05, 0) is 66.4 Å². The first-order valence-electron chi connectivity index (χ1n) is 9.79. The molecule has 3 heteroatoms. The van der Waals surface area contributed by atoms with E-state index in [0.717, 1.165) is 33.8 Å². The summed E-state index contributed by atoms with van der Waals surface area (Å²) in [5, 5.41) is 13.3. The maximum atomic E-state index is 9.78. The Hall–Kier alpha value is -3.59. The van der Waals surface area contributed by atoms with E-state index in [9.17, 15) is 5.11 Å². The topological polar surface area (TPSA) is 45.1 Å². The Morgan fingerprint density at radius 2 is 1.48 bits per heavy atom. The lowest BCUT2D eigenvalue weighted by Gasteiger charge is -2.17. The lowest BCUT2D eigenvalue weighted by atomic mass is 10.00. The van der Waals surface area contributed by atoms with Crippen LogP contribution in [0.3, 0.4) is 0 Å². The second-order valence-corrected chi connectivity index (χ2v) is 7.27. The largest absolute Gasteiger partial charge is 0.508 e. The van der Waals surface area contributed by atoms with Crippen LogP contribution < -0.4 is 5.32 Å². The van der Waals surface area contributed by atoms with E-state index in [4.69, 9.17) is 4.98 Å². The summed E-state index contributed by atoms with van der Waals surface area (Å²) in [6.45, 7) is 4.13. The molecule has 0 aliphatic carbocycles. The molecule has 1 heterocycles. The lowest BCUT2D eigenvalue weighted by molar-refractivity contribution is 0.475. The third-order valence-electron chi connectivity index (χ3n) is 5.08. The molecule has 4 rings (SSSR count). The van der Waals surface area contributed by atoms with Crippen LogP contribution in [-0.2, 0) is 0 Å². The predicted molar refractivity (Wildman–Crippen MR) is 120 cm³/mol. The average molecular weight is 380 g/mol. The lowest BCUT2D eigenvalue weighted by Crippen LogP contribution is -2.08. The second-order valence-electron chi connectivity index (χ2n) is 7.27. The minimum absolute atomic E-state index is 0.128. The number of aromatic hydroxyl groups is 1. The fourth-order valence-electron chi connectivity index (χ4n) is 3.52. The number of nitrogens with zero attached hydrogens (tertiary/aromatic N) is 1. The van der Waals surface area contributed by atoms with Gasteiger partial charge in [-0.15, -0.1) is 0 Å². The van der Waals surface area contributed by atoms with E-state index in [1.54, 1.807) is 12.1 Å². The molecule has 0 aliphatic heterocycles. The van der Waals surface area contributed by atoms with Gasteiger partial charge in [-0.3, -0.25) is 0 Å². The Bertz CT molecular complexity index is 1110. The summed E-state index contributed by atoms with van der Waals surface area (Å²) in [7, 11) is 0. The monoisotopic (exact) mass is 380 g/mol. The van der Waals surface area contributed by atoms with Crippen LogP contribution in [0, 0.1) is 6.92 Å². The summed E-state index contributed by atoms with van der Waals surface area (Å²) in [6, 6.07) is 30.4. The van der Waals surface area contributed by atoms with Crippen LogP contribution in [0.5, 0.6) is 5.75 Å². The van der Waals surface area contributed by atoms with E-state index in [-0.39, 0.29) is 11.8 Å². The molecule has 3 nitrogen and oxygen atoms in total. The van der Waals surface area contributed by atoms with Crippen molar-refractivity contribution in [1.82, 2.24) is 4.98 Å². The summed E-state index contributed by atoms with van der Waals surface area (Å²) >= 11 is 0. The molecular weight excluding hydrogens is 356 g/mol. The van der Waals surface area contributed by atoms with Crippen molar-refractivity contribution in [2.45, 2.75) is 19.9 Å². The van der Waals surface area contributed by atoms with Gasteiger partial charge >= 0.3 is 0 Å². The van der Waals surface area contributed by atoms with E-state index in [2.05, 4.69) is 48.6 Å². The van der Waals surface area contributed by atoms with Crippen LogP contribution in [-0.4, -0.2) is 10.1 Å². The van der Waals surface area contributed by atoms with Crippen molar-refractivity contribution in [3.8, 4) is 28.1 Å². The molecule has 0 bridgehead atoms. The molecule has 4 aromatic rings. The highest BCUT2D eigenvalue weighted by Gasteiger charge is 2.12. The quantitative estimate of drug-likeness (QED) is 0.410. The SMILES string of the molecule is Cc1cc(O)ccc1-c1cc(-c2ccccc2)cc(NC(C)c2ccccc2)n1. The van der Waals surface area contributed by atoms with Crippen molar-refractivity contribution < 1.29 is 5.11 Å². The molecule has 29 heavy (non-hydrogen) atoms. The Morgan fingerprint density at radius 3 is 2.17 bits per heavy atom. The summed E-state index contributed by atoms with van der Waals surface area (Å²) in [5.74, 6) is 1.09. The van der Waals surface area contributed by atoms with Gasteiger partial charge in [0.25, 0.3) is 0 Å². The van der Waals surface area contributed by atoms with Crippen LogP contribution in [0.2, 0.25) is 0 Å². The molecule has 0 amide bonds. The summed E-state index contributed by atoms with van der Waals surface area (Å²) < 4.78 is 0. The van der Waals surface area contributed by atoms with Gasteiger partial charge in [-0.25, -0.2) is 4.98 Å². The van der Waals surface area contributed by atoms with Crippen LogP contribution >= 0.6 is 0 Å². The van der Waals surface area contributed by atoms with Crippen molar-refractivity contribution in [3.63, 3.8) is 0 Å². The molecule has 2 N–H and O–H groups in total. The molecule has 0 aliphatic rings. The van der Waals surface area contributed by atoms with E-state index < -0.39 is 0 Å². The van der Waals surface area contributed by atoms with Crippen molar-refractivity contribution >= 4 is 5.82 Å². The van der Waals surface area contributed by atoms with Crippen LogP contribution in [0.1, 0.15) is 24.1 Å². The van der Waals surface area contributed by atoms with Crippen molar-refractivity contribution in [2.75, 3.05) is 5.32 Å². The summed E-state index contributed by atoms with van der Waals surface area (Å²) in [6.07, 6.45) is 0. The van der Waals surface area contributed by atoms with Gasteiger partial charge in [0, 0.05) is 11.6 Å². The Morgan fingerprint density at radius 1 is 0.793 bits per heavy atom. The van der Waals surface area contributed by atoms with E-state index >= 15 is 0 Å². The number of hydrogen-bond donors (Lipinski definition) is 2. The van der Waals surface area contributed by atoms with Crippen molar-refractivity contribution in [1.29, 1.82) is 0 Å². The normalized spacial score (nSPS) is 11.8. The number of phenolic OH excluding ortho intramolecular Hbond substituents is 1.